The molecule has 7 nitrogen and oxygen atoms in total. The zero-order chi connectivity index (χ0) is 17.9. The molecule has 0 unspecified atom stereocenters. The van der Waals surface area contributed by atoms with E-state index in [2.05, 4.69) is 20.3 Å². The van der Waals surface area contributed by atoms with Crippen LogP contribution >= 0.6 is 0 Å². The Morgan fingerprint density at radius 2 is 1.85 bits per heavy atom. The predicted octanol–water partition coefficient (Wildman–Crippen LogP) is 1.65. The average Bonchev–Trinajstić information content (AvgIpc) is 3.06. The number of imidazole rings is 1. The summed E-state index contributed by atoms with van der Waals surface area (Å²) in [5, 5.41) is 3.56. The molecular formula is C19H21N5O2. The van der Waals surface area contributed by atoms with Gasteiger partial charge in [-0.3, -0.25) is 9.78 Å². The molecule has 1 aromatic carbocycles. The summed E-state index contributed by atoms with van der Waals surface area (Å²) in [5.41, 5.74) is 3.29. The van der Waals surface area contributed by atoms with Gasteiger partial charge in [0.15, 0.2) is 0 Å². The predicted molar refractivity (Wildman–Crippen MR) is 98.9 cm³/mol. The van der Waals surface area contributed by atoms with Crippen molar-refractivity contribution < 1.29 is 4.79 Å². The van der Waals surface area contributed by atoms with Crippen LogP contribution in [0.1, 0.15) is 28.8 Å². The van der Waals surface area contributed by atoms with Gasteiger partial charge in [-0.25, -0.2) is 4.79 Å². The fourth-order valence-corrected chi connectivity index (χ4v) is 3.42. The Morgan fingerprint density at radius 3 is 2.62 bits per heavy atom. The second-order valence-corrected chi connectivity index (χ2v) is 6.64. The van der Waals surface area contributed by atoms with Crippen LogP contribution in [0.2, 0.25) is 0 Å². The van der Waals surface area contributed by atoms with Gasteiger partial charge in [0.1, 0.15) is 0 Å². The van der Waals surface area contributed by atoms with Gasteiger partial charge in [0, 0.05) is 43.6 Å². The van der Waals surface area contributed by atoms with Gasteiger partial charge in [0.25, 0.3) is 5.91 Å². The van der Waals surface area contributed by atoms with Crippen molar-refractivity contribution in [3.05, 3.63) is 64.3 Å². The zero-order valence-corrected chi connectivity index (χ0v) is 14.4. The normalized spacial score (nSPS) is 15.5. The molecule has 2 aromatic heterocycles. The number of aromatic amines is 2. The lowest BCUT2D eigenvalue weighted by atomic mass is 10.0. The Morgan fingerprint density at radius 1 is 1.12 bits per heavy atom. The second-order valence-electron chi connectivity index (χ2n) is 6.64. The van der Waals surface area contributed by atoms with E-state index in [9.17, 15) is 9.59 Å². The third-order valence-electron chi connectivity index (χ3n) is 4.88. The summed E-state index contributed by atoms with van der Waals surface area (Å²) in [5.74, 6) is 0.0766. The fraction of sp³-hybridized carbons (Fsp3) is 0.316. The van der Waals surface area contributed by atoms with Crippen LogP contribution in [0, 0.1) is 0 Å². The minimum absolute atomic E-state index is 0.0766. The first-order chi connectivity index (χ1) is 12.7. The van der Waals surface area contributed by atoms with Crippen molar-refractivity contribution >= 4 is 16.9 Å². The highest BCUT2D eigenvalue weighted by Gasteiger charge is 2.23. The summed E-state index contributed by atoms with van der Waals surface area (Å²) in [6.45, 7) is 2.25. The quantitative estimate of drug-likeness (QED) is 0.666. The molecule has 134 valence electrons. The van der Waals surface area contributed by atoms with Crippen LogP contribution in [0.3, 0.4) is 0 Å². The number of hydrogen-bond acceptors (Lipinski definition) is 4. The standard InChI is InChI=1S/C19H21N5O2/c25-18(14-3-7-20-8-4-14)24-9-5-15(6-10-24)21-12-13-1-2-16-17(11-13)23-19(26)22-16/h1-4,7-8,11,15,21H,5-6,9-10,12H2,(H2,22,23,26). The van der Waals surface area contributed by atoms with Crippen molar-refractivity contribution in [2.45, 2.75) is 25.4 Å². The number of likely N-dealkylation sites (tertiary alicyclic amines) is 1. The lowest BCUT2D eigenvalue weighted by molar-refractivity contribution is 0.0704. The zero-order valence-electron chi connectivity index (χ0n) is 14.4. The van der Waals surface area contributed by atoms with Gasteiger partial charge in [-0.2, -0.15) is 0 Å². The van der Waals surface area contributed by atoms with Gasteiger partial charge < -0.3 is 20.2 Å². The van der Waals surface area contributed by atoms with E-state index in [0.29, 0.717) is 11.6 Å². The molecule has 26 heavy (non-hydrogen) atoms. The molecule has 1 saturated heterocycles. The van der Waals surface area contributed by atoms with Crippen molar-refractivity contribution in [1.82, 2.24) is 25.2 Å². The molecule has 0 radical (unpaired) electrons. The van der Waals surface area contributed by atoms with E-state index in [1.807, 2.05) is 23.1 Å². The summed E-state index contributed by atoms with van der Waals surface area (Å²) >= 11 is 0. The van der Waals surface area contributed by atoms with E-state index in [1.165, 1.54) is 0 Å². The maximum atomic E-state index is 12.5. The highest BCUT2D eigenvalue weighted by atomic mass is 16.2. The number of nitrogens with one attached hydrogen (secondary N) is 3. The molecule has 7 heteroatoms. The SMILES string of the molecule is O=C(c1ccncc1)N1CCC(NCc2ccc3[nH]c(=O)[nH]c3c2)CC1. The number of pyridine rings is 1. The number of piperidine rings is 1. The molecule has 3 aromatic rings. The number of benzene rings is 1. The van der Waals surface area contributed by atoms with E-state index in [-0.39, 0.29) is 11.6 Å². The topological polar surface area (TPSA) is 93.9 Å². The fourth-order valence-electron chi connectivity index (χ4n) is 3.42. The molecule has 0 aliphatic carbocycles. The lowest BCUT2D eigenvalue weighted by Gasteiger charge is -2.32. The van der Waals surface area contributed by atoms with Crippen LogP contribution in [0.25, 0.3) is 11.0 Å². The van der Waals surface area contributed by atoms with Crippen LogP contribution in [0.5, 0.6) is 0 Å². The lowest BCUT2D eigenvalue weighted by Crippen LogP contribution is -2.44. The van der Waals surface area contributed by atoms with E-state index in [1.54, 1.807) is 24.5 Å². The molecule has 1 fully saturated rings. The minimum atomic E-state index is -0.184. The number of fused-ring (bicyclic) bond motifs is 1. The van der Waals surface area contributed by atoms with Crippen LogP contribution in [-0.4, -0.2) is 44.9 Å². The largest absolute Gasteiger partial charge is 0.339 e. The minimum Gasteiger partial charge on any atom is -0.339 e. The molecule has 1 amide bonds. The summed E-state index contributed by atoms with van der Waals surface area (Å²) < 4.78 is 0. The molecule has 0 atom stereocenters. The van der Waals surface area contributed by atoms with E-state index in [0.717, 1.165) is 49.1 Å². The van der Waals surface area contributed by atoms with Gasteiger partial charge in [-0.1, -0.05) is 6.07 Å². The first-order valence-electron chi connectivity index (χ1n) is 8.83. The molecule has 0 saturated carbocycles. The smallest absolute Gasteiger partial charge is 0.323 e. The molecule has 0 bridgehead atoms. The number of hydrogen-bond donors (Lipinski definition) is 3. The van der Waals surface area contributed by atoms with Gasteiger partial charge in [0.2, 0.25) is 0 Å². The first-order valence-corrected chi connectivity index (χ1v) is 8.83. The number of nitrogens with zero attached hydrogens (tertiary/aromatic N) is 2. The van der Waals surface area contributed by atoms with Crippen LogP contribution in [0.15, 0.2) is 47.5 Å². The summed E-state index contributed by atoms with van der Waals surface area (Å²) in [6.07, 6.45) is 5.16. The van der Waals surface area contributed by atoms with Gasteiger partial charge in [-0.15, -0.1) is 0 Å². The van der Waals surface area contributed by atoms with Crippen molar-refractivity contribution in [3.63, 3.8) is 0 Å². The Labute approximate surface area is 150 Å². The third-order valence-corrected chi connectivity index (χ3v) is 4.88. The second kappa shape index (κ2) is 7.13. The van der Waals surface area contributed by atoms with Crippen LogP contribution in [-0.2, 0) is 6.54 Å². The Bertz CT molecular complexity index is 955. The van der Waals surface area contributed by atoms with Crippen molar-refractivity contribution in [3.8, 4) is 0 Å². The van der Waals surface area contributed by atoms with Crippen molar-refractivity contribution in [1.29, 1.82) is 0 Å². The summed E-state index contributed by atoms with van der Waals surface area (Å²) in [7, 11) is 0. The number of H-pyrrole nitrogens is 2. The molecule has 0 spiro atoms. The Balaban J connectivity index is 1.30. The van der Waals surface area contributed by atoms with Gasteiger partial charge in [-0.05, 0) is 42.7 Å². The maximum Gasteiger partial charge on any atom is 0.323 e. The molecule has 1 aliphatic rings. The number of aromatic nitrogens is 3. The number of carbonyl (C=O) groups excluding carboxylic acids is 1. The molecule has 3 N–H and O–H groups in total. The van der Waals surface area contributed by atoms with Crippen molar-refractivity contribution in [2.75, 3.05) is 13.1 Å². The van der Waals surface area contributed by atoms with Crippen molar-refractivity contribution in [2.24, 2.45) is 0 Å². The molecule has 4 rings (SSSR count). The molecular weight excluding hydrogens is 330 g/mol. The van der Waals surface area contributed by atoms with Crippen LogP contribution < -0.4 is 11.0 Å². The molecule has 1 aliphatic heterocycles. The van der Waals surface area contributed by atoms with E-state index >= 15 is 0 Å². The Hall–Kier alpha value is -2.93. The third kappa shape index (κ3) is 3.52. The average molecular weight is 351 g/mol. The highest BCUT2D eigenvalue weighted by molar-refractivity contribution is 5.94. The van der Waals surface area contributed by atoms with Crippen LogP contribution in [0.4, 0.5) is 0 Å². The molecule has 3 heterocycles. The maximum absolute atomic E-state index is 12.5. The number of amides is 1. The van der Waals surface area contributed by atoms with Gasteiger partial charge in [0.05, 0.1) is 11.0 Å². The van der Waals surface area contributed by atoms with Gasteiger partial charge >= 0.3 is 5.69 Å². The van der Waals surface area contributed by atoms with E-state index in [4.69, 9.17) is 0 Å². The first kappa shape index (κ1) is 16.5. The summed E-state index contributed by atoms with van der Waals surface area (Å²) in [4.78, 5) is 35.2. The summed E-state index contributed by atoms with van der Waals surface area (Å²) in [6, 6.07) is 9.82. The number of carbonyl (C=O) groups is 1. The Kier molecular flexibility index (Phi) is 4.53. The monoisotopic (exact) mass is 351 g/mol. The number of rotatable bonds is 4. The van der Waals surface area contributed by atoms with E-state index < -0.39 is 0 Å². The highest BCUT2D eigenvalue weighted by Crippen LogP contribution is 2.15.